The van der Waals surface area contributed by atoms with Crippen LogP contribution in [0.5, 0.6) is 5.88 Å². The Hall–Kier alpha value is -2.21. The number of anilines is 1. The molecule has 1 aromatic carbocycles. The van der Waals surface area contributed by atoms with Crippen molar-refractivity contribution in [1.82, 2.24) is 15.3 Å². The number of benzene rings is 1. The molecule has 6 heteroatoms. The summed E-state index contributed by atoms with van der Waals surface area (Å²) in [5.41, 5.74) is 1.15. The van der Waals surface area contributed by atoms with Crippen LogP contribution in [0.15, 0.2) is 36.7 Å². The molecule has 0 radical (unpaired) electrons. The summed E-state index contributed by atoms with van der Waals surface area (Å²) in [5, 5.41) is 3.71. The van der Waals surface area contributed by atoms with Gasteiger partial charge in [-0.15, -0.1) is 0 Å². The standard InChI is InChI=1S/C21H27FN4O/c1-21(2,3)20-17-12-26(11-15(17)8-24-20)18-9-23-10-19(25-18)27-13-14-4-6-16(22)7-5-14/h4-7,9-10,15,17,20,24H,8,11-13H2,1-3H3/t15-,17-,20?/m1/s1. The second kappa shape index (κ2) is 7.08. The summed E-state index contributed by atoms with van der Waals surface area (Å²) in [5.74, 6) is 2.41. The van der Waals surface area contributed by atoms with Crippen molar-refractivity contribution >= 4 is 5.82 Å². The molecule has 27 heavy (non-hydrogen) atoms. The molecule has 3 atom stereocenters. The first kappa shape index (κ1) is 18.2. The van der Waals surface area contributed by atoms with E-state index in [1.165, 1.54) is 12.1 Å². The van der Waals surface area contributed by atoms with Gasteiger partial charge in [0.25, 0.3) is 0 Å². The van der Waals surface area contributed by atoms with E-state index in [0.717, 1.165) is 31.0 Å². The summed E-state index contributed by atoms with van der Waals surface area (Å²) in [6.07, 6.45) is 3.44. The Balaban J connectivity index is 1.42. The van der Waals surface area contributed by atoms with Crippen molar-refractivity contribution in [3.05, 3.63) is 48.0 Å². The zero-order valence-corrected chi connectivity index (χ0v) is 16.2. The second-order valence-electron chi connectivity index (χ2n) is 8.71. The van der Waals surface area contributed by atoms with Crippen molar-refractivity contribution < 1.29 is 9.13 Å². The Labute approximate surface area is 160 Å². The molecule has 2 fully saturated rings. The average Bonchev–Trinajstić information content (AvgIpc) is 3.21. The highest BCUT2D eigenvalue weighted by Crippen LogP contribution is 2.39. The van der Waals surface area contributed by atoms with Crippen LogP contribution in [0.2, 0.25) is 0 Å². The van der Waals surface area contributed by atoms with Crippen molar-refractivity contribution in [3.63, 3.8) is 0 Å². The predicted molar refractivity (Wildman–Crippen MR) is 103 cm³/mol. The lowest BCUT2D eigenvalue weighted by Crippen LogP contribution is -2.42. The molecule has 4 rings (SSSR count). The van der Waals surface area contributed by atoms with Gasteiger partial charge in [0.2, 0.25) is 5.88 Å². The minimum Gasteiger partial charge on any atom is -0.472 e. The van der Waals surface area contributed by atoms with Crippen LogP contribution in [-0.2, 0) is 6.61 Å². The van der Waals surface area contributed by atoms with E-state index in [9.17, 15) is 4.39 Å². The molecule has 2 aliphatic heterocycles. The van der Waals surface area contributed by atoms with Gasteiger partial charge in [-0.2, -0.15) is 4.98 Å². The smallest absolute Gasteiger partial charge is 0.234 e. The topological polar surface area (TPSA) is 50.3 Å². The van der Waals surface area contributed by atoms with Gasteiger partial charge in [0.1, 0.15) is 12.4 Å². The van der Waals surface area contributed by atoms with E-state index in [-0.39, 0.29) is 11.2 Å². The van der Waals surface area contributed by atoms with Crippen molar-refractivity contribution in [2.75, 3.05) is 24.5 Å². The molecule has 1 N–H and O–H groups in total. The minimum absolute atomic E-state index is 0.247. The van der Waals surface area contributed by atoms with Crippen LogP contribution in [0.25, 0.3) is 0 Å². The highest BCUT2D eigenvalue weighted by Gasteiger charge is 2.46. The zero-order valence-electron chi connectivity index (χ0n) is 16.2. The maximum Gasteiger partial charge on any atom is 0.234 e. The van der Waals surface area contributed by atoms with E-state index in [1.807, 2.05) is 6.20 Å². The summed E-state index contributed by atoms with van der Waals surface area (Å²) < 4.78 is 18.8. The van der Waals surface area contributed by atoms with Crippen LogP contribution in [0.1, 0.15) is 26.3 Å². The van der Waals surface area contributed by atoms with Gasteiger partial charge in [-0.1, -0.05) is 32.9 Å². The van der Waals surface area contributed by atoms with Gasteiger partial charge in [0.15, 0.2) is 5.82 Å². The molecular weight excluding hydrogens is 343 g/mol. The second-order valence-corrected chi connectivity index (χ2v) is 8.71. The lowest BCUT2D eigenvalue weighted by atomic mass is 9.78. The largest absolute Gasteiger partial charge is 0.472 e. The first-order chi connectivity index (χ1) is 12.9. The number of fused-ring (bicyclic) bond motifs is 1. The number of hydrogen-bond acceptors (Lipinski definition) is 5. The Bertz CT molecular complexity index is 790. The summed E-state index contributed by atoms with van der Waals surface area (Å²) >= 11 is 0. The Morgan fingerprint density at radius 1 is 1.19 bits per heavy atom. The van der Waals surface area contributed by atoms with Crippen LogP contribution >= 0.6 is 0 Å². The monoisotopic (exact) mass is 370 g/mol. The lowest BCUT2D eigenvalue weighted by Gasteiger charge is -2.32. The maximum atomic E-state index is 13.0. The van der Waals surface area contributed by atoms with Crippen LogP contribution in [0.3, 0.4) is 0 Å². The molecule has 0 bridgehead atoms. The number of nitrogens with zero attached hydrogens (tertiary/aromatic N) is 3. The van der Waals surface area contributed by atoms with Gasteiger partial charge in [-0.3, -0.25) is 4.98 Å². The van der Waals surface area contributed by atoms with Crippen LogP contribution in [-0.4, -0.2) is 35.6 Å². The van der Waals surface area contributed by atoms with Gasteiger partial charge in [0.05, 0.1) is 12.4 Å². The number of hydrogen-bond donors (Lipinski definition) is 1. The number of aromatic nitrogens is 2. The third kappa shape index (κ3) is 3.90. The molecule has 1 aromatic heterocycles. The Kier molecular flexibility index (Phi) is 4.76. The molecule has 144 valence electrons. The predicted octanol–water partition coefficient (Wildman–Crippen LogP) is 3.27. The summed E-state index contributed by atoms with van der Waals surface area (Å²) in [6.45, 7) is 10.3. The van der Waals surface area contributed by atoms with E-state index in [4.69, 9.17) is 4.74 Å². The molecule has 5 nitrogen and oxygen atoms in total. The Morgan fingerprint density at radius 3 is 2.70 bits per heavy atom. The lowest BCUT2D eigenvalue weighted by molar-refractivity contribution is 0.240. The summed E-state index contributed by atoms with van der Waals surface area (Å²) in [6, 6.07) is 6.83. The molecule has 0 amide bonds. The molecule has 0 saturated carbocycles. The number of nitrogens with one attached hydrogen (secondary N) is 1. The van der Waals surface area contributed by atoms with Crippen LogP contribution < -0.4 is 15.0 Å². The van der Waals surface area contributed by atoms with E-state index in [2.05, 4.69) is 41.0 Å². The molecule has 1 unspecified atom stereocenters. The maximum absolute atomic E-state index is 13.0. The van der Waals surface area contributed by atoms with Crippen molar-refractivity contribution in [2.24, 2.45) is 17.3 Å². The van der Waals surface area contributed by atoms with Crippen molar-refractivity contribution in [2.45, 2.75) is 33.4 Å². The van der Waals surface area contributed by atoms with Gasteiger partial charge in [-0.25, -0.2) is 4.39 Å². The van der Waals surface area contributed by atoms with Crippen molar-refractivity contribution in [3.8, 4) is 5.88 Å². The molecule has 3 heterocycles. The SMILES string of the molecule is CC(C)(C)C1NC[C@@H]2CN(c3cncc(OCc4ccc(F)cc4)n3)C[C@@H]12. The van der Waals surface area contributed by atoms with E-state index in [0.29, 0.717) is 30.4 Å². The minimum atomic E-state index is -0.247. The summed E-state index contributed by atoms with van der Waals surface area (Å²) in [7, 11) is 0. The van der Waals surface area contributed by atoms with E-state index in [1.54, 1.807) is 18.3 Å². The molecule has 0 spiro atoms. The fraction of sp³-hybridized carbons (Fsp3) is 0.524. The van der Waals surface area contributed by atoms with Gasteiger partial charge < -0.3 is 15.0 Å². The highest BCUT2D eigenvalue weighted by molar-refractivity contribution is 5.40. The van der Waals surface area contributed by atoms with Gasteiger partial charge >= 0.3 is 0 Å². The third-order valence-electron chi connectivity index (χ3n) is 5.68. The fourth-order valence-corrected chi connectivity index (χ4v) is 4.35. The highest BCUT2D eigenvalue weighted by atomic mass is 19.1. The first-order valence-electron chi connectivity index (χ1n) is 9.58. The molecule has 2 aliphatic rings. The average molecular weight is 370 g/mol. The molecule has 2 aromatic rings. The first-order valence-corrected chi connectivity index (χ1v) is 9.58. The zero-order chi connectivity index (χ0) is 19.0. The molecule has 0 aliphatic carbocycles. The number of halogens is 1. The normalized spacial score (nSPS) is 24.9. The Morgan fingerprint density at radius 2 is 1.96 bits per heavy atom. The van der Waals surface area contributed by atoms with E-state index < -0.39 is 0 Å². The number of rotatable bonds is 4. The van der Waals surface area contributed by atoms with Crippen LogP contribution in [0.4, 0.5) is 10.2 Å². The summed E-state index contributed by atoms with van der Waals surface area (Å²) in [4.78, 5) is 11.3. The van der Waals surface area contributed by atoms with Crippen molar-refractivity contribution in [1.29, 1.82) is 0 Å². The van der Waals surface area contributed by atoms with Gasteiger partial charge in [-0.05, 0) is 34.9 Å². The van der Waals surface area contributed by atoms with Gasteiger partial charge in [0, 0.05) is 25.7 Å². The van der Waals surface area contributed by atoms with Crippen LogP contribution in [0, 0.1) is 23.1 Å². The molecular formula is C21H27FN4O. The quantitative estimate of drug-likeness (QED) is 0.895. The number of ether oxygens (including phenoxy) is 1. The van der Waals surface area contributed by atoms with E-state index >= 15 is 0 Å². The third-order valence-corrected chi connectivity index (χ3v) is 5.68. The molecule has 2 saturated heterocycles. The fourth-order valence-electron chi connectivity index (χ4n) is 4.35.